The number of fused-ring (bicyclic) bond motifs is 2. The number of piperazine rings is 1. The first-order valence-electron chi connectivity index (χ1n) is 12.2. The molecule has 2 aliphatic heterocycles. The van der Waals surface area contributed by atoms with Gasteiger partial charge in [-0.05, 0) is 63.1 Å². The third kappa shape index (κ3) is 4.87. The van der Waals surface area contributed by atoms with Crippen LogP contribution in [0.2, 0.25) is 0 Å². The molecule has 1 saturated heterocycles. The number of aliphatic imine (C=N–C) groups is 1. The molecule has 6 nitrogen and oxygen atoms in total. The number of nitrogens with zero attached hydrogens (tertiary/aromatic N) is 3. The molecular formula is C29H32N4O2. The van der Waals surface area contributed by atoms with Crippen LogP contribution in [0, 0.1) is 20.8 Å². The Hall–Kier alpha value is -3.80. The van der Waals surface area contributed by atoms with Gasteiger partial charge in [0.15, 0.2) is 5.75 Å². The van der Waals surface area contributed by atoms with E-state index >= 15 is 0 Å². The van der Waals surface area contributed by atoms with Crippen molar-refractivity contribution in [2.75, 3.05) is 19.6 Å². The van der Waals surface area contributed by atoms with Gasteiger partial charge in [0.05, 0.1) is 5.56 Å². The van der Waals surface area contributed by atoms with E-state index in [1.54, 1.807) is 0 Å². The first kappa shape index (κ1) is 23.0. The van der Waals surface area contributed by atoms with Gasteiger partial charge in [-0.2, -0.15) is 0 Å². The smallest absolute Gasteiger partial charge is 0.318 e. The molecule has 0 radical (unpaired) electrons. The lowest BCUT2D eigenvalue weighted by Crippen LogP contribution is -2.57. The summed E-state index contributed by atoms with van der Waals surface area (Å²) in [4.78, 5) is 22.3. The Kier molecular flexibility index (Phi) is 6.20. The van der Waals surface area contributed by atoms with Gasteiger partial charge in [-0.3, -0.25) is 0 Å². The molecule has 0 spiro atoms. The van der Waals surface area contributed by atoms with Crippen molar-refractivity contribution >= 4 is 17.6 Å². The van der Waals surface area contributed by atoms with E-state index in [9.17, 15) is 4.79 Å². The van der Waals surface area contributed by atoms with E-state index in [1.165, 1.54) is 5.56 Å². The molecule has 1 atom stereocenters. The highest BCUT2D eigenvalue weighted by Gasteiger charge is 2.31. The van der Waals surface area contributed by atoms with Crippen LogP contribution in [-0.2, 0) is 6.54 Å². The number of hydrogen-bond donors (Lipinski definition) is 1. The average molecular weight is 469 g/mol. The largest absolute Gasteiger partial charge is 0.454 e. The molecule has 35 heavy (non-hydrogen) atoms. The summed E-state index contributed by atoms with van der Waals surface area (Å²) in [6, 6.07) is 20.6. The predicted molar refractivity (Wildman–Crippen MR) is 140 cm³/mol. The second-order valence-electron chi connectivity index (χ2n) is 9.64. The molecule has 1 fully saturated rings. The number of aryl methyl sites for hydroxylation is 3. The first-order chi connectivity index (χ1) is 16.9. The molecule has 0 bridgehead atoms. The van der Waals surface area contributed by atoms with E-state index in [-0.39, 0.29) is 12.1 Å². The zero-order valence-electron chi connectivity index (χ0n) is 20.8. The second kappa shape index (κ2) is 9.45. The van der Waals surface area contributed by atoms with E-state index in [1.807, 2.05) is 35.2 Å². The Bertz CT molecular complexity index is 1300. The Balaban J connectivity index is 1.35. The van der Waals surface area contributed by atoms with Crippen molar-refractivity contribution in [1.29, 1.82) is 0 Å². The van der Waals surface area contributed by atoms with Gasteiger partial charge in [0, 0.05) is 32.2 Å². The summed E-state index contributed by atoms with van der Waals surface area (Å²) >= 11 is 0. The maximum Gasteiger partial charge on any atom is 0.318 e. The van der Waals surface area contributed by atoms with E-state index < -0.39 is 0 Å². The molecule has 0 aromatic heterocycles. The van der Waals surface area contributed by atoms with Crippen LogP contribution in [0.25, 0.3) is 0 Å². The van der Waals surface area contributed by atoms with Gasteiger partial charge in [-0.15, -0.1) is 0 Å². The molecule has 0 saturated carbocycles. The summed E-state index contributed by atoms with van der Waals surface area (Å²) in [6.45, 7) is 10.9. The van der Waals surface area contributed by atoms with Gasteiger partial charge in [0.1, 0.15) is 17.3 Å². The summed E-state index contributed by atoms with van der Waals surface area (Å²) < 4.78 is 6.31. The Morgan fingerprint density at radius 1 is 0.971 bits per heavy atom. The fourth-order valence-electron chi connectivity index (χ4n) is 4.79. The van der Waals surface area contributed by atoms with E-state index in [0.29, 0.717) is 26.2 Å². The molecule has 2 heterocycles. The van der Waals surface area contributed by atoms with Gasteiger partial charge < -0.3 is 19.9 Å². The van der Waals surface area contributed by atoms with Crippen molar-refractivity contribution in [1.82, 2.24) is 15.1 Å². The zero-order valence-corrected chi connectivity index (χ0v) is 20.8. The van der Waals surface area contributed by atoms with Crippen molar-refractivity contribution in [3.8, 4) is 11.5 Å². The molecular weight excluding hydrogens is 436 g/mol. The molecule has 0 aliphatic carbocycles. The molecule has 1 N–H and O–H groups in total. The number of ether oxygens (including phenoxy) is 1. The lowest BCUT2D eigenvalue weighted by Gasteiger charge is -2.41. The van der Waals surface area contributed by atoms with Gasteiger partial charge in [-0.1, -0.05) is 47.5 Å². The summed E-state index contributed by atoms with van der Waals surface area (Å²) in [5, 5.41) is 3.09. The number of amidine groups is 1. The molecule has 3 aromatic rings. The number of carbonyl (C=O) groups is 1. The number of amides is 2. The van der Waals surface area contributed by atoms with Gasteiger partial charge in [0.25, 0.3) is 0 Å². The maximum atomic E-state index is 13.0. The van der Waals surface area contributed by atoms with Crippen LogP contribution >= 0.6 is 0 Å². The molecule has 0 unspecified atom stereocenters. The number of nitrogens with one attached hydrogen (secondary N) is 1. The molecule has 3 aromatic carbocycles. The number of rotatable bonds is 2. The lowest BCUT2D eigenvalue weighted by atomic mass is 10.1. The maximum absolute atomic E-state index is 13.0. The lowest BCUT2D eigenvalue weighted by molar-refractivity contribution is 0.134. The third-order valence-corrected chi connectivity index (χ3v) is 6.65. The topological polar surface area (TPSA) is 57.2 Å². The minimum Gasteiger partial charge on any atom is -0.454 e. The van der Waals surface area contributed by atoms with Crippen LogP contribution in [0.4, 0.5) is 10.5 Å². The van der Waals surface area contributed by atoms with Crippen LogP contribution in [-0.4, -0.2) is 47.3 Å². The van der Waals surface area contributed by atoms with Crippen LogP contribution in [0.3, 0.4) is 0 Å². The van der Waals surface area contributed by atoms with E-state index in [4.69, 9.17) is 9.73 Å². The van der Waals surface area contributed by atoms with Crippen LogP contribution in [0.5, 0.6) is 11.5 Å². The van der Waals surface area contributed by atoms with Crippen LogP contribution < -0.4 is 10.1 Å². The zero-order chi connectivity index (χ0) is 24.5. The van der Waals surface area contributed by atoms with Crippen molar-refractivity contribution in [3.63, 3.8) is 0 Å². The highest BCUT2D eigenvalue weighted by Crippen LogP contribution is 2.39. The minimum atomic E-state index is -0.0261. The number of carbonyl (C=O) groups excluding carboxylic acids is 1. The number of hydrogen-bond acceptors (Lipinski definition) is 4. The number of urea groups is 1. The molecule has 5 rings (SSSR count). The van der Waals surface area contributed by atoms with Crippen molar-refractivity contribution in [3.05, 3.63) is 88.5 Å². The molecule has 2 aliphatic rings. The second-order valence-corrected chi connectivity index (χ2v) is 9.64. The third-order valence-electron chi connectivity index (χ3n) is 6.65. The van der Waals surface area contributed by atoms with Gasteiger partial charge in [-0.25, -0.2) is 9.79 Å². The SMILES string of the molecule is Cc1cccc(CNC(=O)N2CCN(C3=Nc4ccc(C)cc4Oc4ccc(C)cc43)C[C@H]2C)c1. The molecule has 2 amide bonds. The Morgan fingerprint density at radius 3 is 2.54 bits per heavy atom. The predicted octanol–water partition coefficient (Wildman–Crippen LogP) is 5.71. The van der Waals surface area contributed by atoms with Gasteiger partial charge in [0.2, 0.25) is 0 Å². The standard InChI is InChI=1S/C29H32N4O2/c1-19-6-5-7-23(14-19)17-30-29(34)33-13-12-32(18-22(33)4)28-24-15-20(2)9-11-26(24)35-27-16-21(3)8-10-25(27)31-28/h5-11,14-16,22H,12-13,17-18H2,1-4H3,(H,30,34)/t22-/m1/s1. The van der Waals surface area contributed by atoms with Crippen molar-refractivity contribution in [2.24, 2.45) is 4.99 Å². The summed E-state index contributed by atoms with van der Waals surface area (Å²) in [5.41, 5.74) is 6.41. The van der Waals surface area contributed by atoms with Crippen molar-refractivity contribution < 1.29 is 9.53 Å². The fourth-order valence-corrected chi connectivity index (χ4v) is 4.79. The van der Waals surface area contributed by atoms with Crippen LogP contribution in [0.15, 0.2) is 65.7 Å². The quantitative estimate of drug-likeness (QED) is 0.524. The highest BCUT2D eigenvalue weighted by molar-refractivity contribution is 6.04. The summed E-state index contributed by atoms with van der Waals surface area (Å²) in [7, 11) is 0. The normalized spacial score (nSPS) is 17.0. The Labute approximate surface area is 207 Å². The highest BCUT2D eigenvalue weighted by atomic mass is 16.5. The summed E-state index contributed by atoms with van der Waals surface area (Å²) in [5.74, 6) is 2.48. The average Bonchev–Trinajstić information content (AvgIpc) is 2.98. The number of benzene rings is 3. The minimum absolute atomic E-state index is 0.0261. The fraction of sp³-hybridized carbons (Fsp3) is 0.310. The van der Waals surface area contributed by atoms with Gasteiger partial charge >= 0.3 is 6.03 Å². The summed E-state index contributed by atoms with van der Waals surface area (Å²) in [6.07, 6.45) is 0. The van der Waals surface area contributed by atoms with E-state index in [2.05, 4.69) is 68.2 Å². The molecule has 6 heteroatoms. The van der Waals surface area contributed by atoms with Crippen molar-refractivity contribution in [2.45, 2.75) is 40.3 Å². The van der Waals surface area contributed by atoms with Crippen LogP contribution in [0.1, 0.15) is 34.7 Å². The Morgan fingerprint density at radius 2 is 1.74 bits per heavy atom. The monoisotopic (exact) mass is 468 g/mol. The first-order valence-corrected chi connectivity index (χ1v) is 12.2. The molecule has 180 valence electrons. The van der Waals surface area contributed by atoms with E-state index in [0.717, 1.165) is 45.3 Å².